The van der Waals surface area contributed by atoms with Crippen LogP contribution in [0.15, 0.2) is 29.4 Å². The fourth-order valence-electron chi connectivity index (χ4n) is 2.33. The van der Waals surface area contributed by atoms with Crippen molar-refractivity contribution >= 4 is 40.9 Å². The summed E-state index contributed by atoms with van der Waals surface area (Å²) in [6, 6.07) is 7.01. The van der Waals surface area contributed by atoms with Gasteiger partial charge >= 0.3 is 0 Å². The van der Waals surface area contributed by atoms with Gasteiger partial charge in [0.25, 0.3) is 0 Å². The molecule has 1 N–H and O–H groups in total. The average molecular weight is 368 g/mol. The number of amides is 1. The first-order valence-corrected chi connectivity index (χ1v) is 8.90. The molecule has 1 amide bonds. The zero-order chi connectivity index (χ0) is 16.9. The maximum absolute atomic E-state index is 12.0. The summed E-state index contributed by atoms with van der Waals surface area (Å²) in [4.78, 5) is 14.2. The molecule has 0 unspecified atom stereocenters. The largest absolute Gasteiger partial charge is 0.378 e. The second-order valence-corrected chi connectivity index (χ2v) is 6.66. The Bertz CT molecular complexity index is 700. The third-order valence-electron chi connectivity index (χ3n) is 3.57. The zero-order valence-corrected chi connectivity index (χ0v) is 14.8. The molecule has 1 aliphatic rings. The van der Waals surface area contributed by atoms with Crippen LogP contribution in [0.25, 0.3) is 0 Å². The molecule has 7 nitrogen and oxygen atoms in total. The molecule has 1 aliphatic heterocycles. The number of morpholine rings is 1. The predicted octanol–water partition coefficient (Wildman–Crippen LogP) is 2.04. The summed E-state index contributed by atoms with van der Waals surface area (Å²) in [6.45, 7) is 2.99. The van der Waals surface area contributed by atoms with Crippen molar-refractivity contribution in [2.24, 2.45) is 7.05 Å². The zero-order valence-electron chi connectivity index (χ0n) is 13.2. The second kappa shape index (κ2) is 7.87. The fraction of sp³-hybridized carbons (Fsp3) is 0.400. The van der Waals surface area contributed by atoms with Gasteiger partial charge in [-0.3, -0.25) is 9.36 Å². The van der Waals surface area contributed by atoms with Crippen LogP contribution in [0.1, 0.15) is 0 Å². The van der Waals surface area contributed by atoms with Gasteiger partial charge in [-0.2, -0.15) is 0 Å². The molecule has 0 saturated carbocycles. The molecule has 2 heterocycles. The normalized spacial score (nSPS) is 14.7. The third kappa shape index (κ3) is 4.19. The SMILES string of the molecule is Cn1c(SCC(=O)Nc2ccc(Cl)cc2)nnc1N1CCOCC1. The minimum absolute atomic E-state index is 0.0988. The Labute approximate surface area is 149 Å². The highest BCUT2D eigenvalue weighted by atomic mass is 35.5. The monoisotopic (exact) mass is 367 g/mol. The molecule has 1 aromatic heterocycles. The van der Waals surface area contributed by atoms with Gasteiger partial charge in [-0.05, 0) is 24.3 Å². The first-order valence-electron chi connectivity index (χ1n) is 7.54. The third-order valence-corrected chi connectivity index (χ3v) is 4.84. The molecule has 0 aliphatic carbocycles. The summed E-state index contributed by atoms with van der Waals surface area (Å²) in [5, 5.41) is 12.6. The number of nitrogens with zero attached hydrogens (tertiary/aromatic N) is 4. The van der Waals surface area contributed by atoms with Gasteiger partial charge in [-0.15, -0.1) is 10.2 Å². The lowest BCUT2D eigenvalue weighted by Crippen LogP contribution is -2.37. The van der Waals surface area contributed by atoms with Crippen LogP contribution in [-0.4, -0.2) is 52.7 Å². The number of carbonyl (C=O) groups excluding carboxylic acids is 1. The topological polar surface area (TPSA) is 72.3 Å². The molecular formula is C15H18ClN5O2S. The van der Waals surface area contributed by atoms with Crippen molar-refractivity contribution < 1.29 is 9.53 Å². The van der Waals surface area contributed by atoms with Gasteiger partial charge in [-0.1, -0.05) is 23.4 Å². The van der Waals surface area contributed by atoms with E-state index in [2.05, 4.69) is 20.4 Å². The molecular weight excluding hydrogens is 350 g/mol. The van der Waals surface area contributed by atoms with E-state index in [-0.39, 0.29) is 11.7 Å². The van der Waals surface area contributed by atoms with E-state index < -0.39 is 0 Å². The van der Waals surface area contributed by atoms with Crippen LogP contribution in [0.4, 0.5) is 11.6 Å². The van der Waals surface area contributed by atoms with Gasteiger partial charge < -0.3 is 15.0 Å². The lowest BCUT2D eigenvalue weighted by atomic mass is 10.3. The quantitative estimate of drug-likeness (QED) is 0.815. The van der Waals surface area contributed by atoms with Gasteiger partial charge in [0.2, 0.25) is 11.9 Å². The first kappa shape index (κ1) is 17.1. The smallest absolute Gasteiger partial charge is 0.234 e. The highest BCUT2D eigenvalue weighted by Crippen LogP contribution is 2.21. The fourth-order valence-corrected chi connectivity index (χ4v) is 3.16. The number of thioether (sulfide) groups is 1. The van der Waals surface area contributed by atoms with Crippen molar-refractivity contribution in [3.63, 3.8) is 0 Å². The van der Waals surface area contributed by atoms with Crippen molar-refractivity contribution in [2.45, 2.75) is 5.16 Å². The number of rotatable bonds is 5. The van der Waals surface area contributed by atoms with Gasteiger partial charge in [0.15, 0.2) is 5.16 Å². The molecule has 9 heteroatoms. The predicted molar refractivity (Wildman–Crippen MR) is 94.8 cm³/mol. The lowest BCUT2D eigenvalue weighted by molar-refractivity contribution is -0.113. The minimum atomic E-state index is -0.0988. The number of hydrogen-bond donors (Lipinski definition) is 1. The summed E-state index contributed by atoms with van der Waals surface area (Å²) >= 11 is 7.18. The van der Waals surface area contributed by atoms with Crippen LogP contribution in [0, 0.1) is 0 Å². The number of halogens is 1. The molecule has 1 saturated heterocycles. The average Bonchev–Trinajstić information content (AvgIpc) is 2.97. The molecule has 24 heavy (non-hydrogen) atoms. The number of carbonyl (C=O) groups is 1. The maximum Gasteiger partial charge on any atom is 0.234 e. The van der Waals surface area contributed by atoms with Crippen LogP contribution >= 0.6 is 23.4 Å². The summed E-state index contributed by atoms with van der Waals surface area (Å²) in [6.07, 6.45) is 0. The van der Waals surface area contributed by atoms with Crippen molar-refractivity contribution in [3.8, 4) is 0 Å². The Balaban J connectivity index is 1.55. The van der Waals surface area contributed by atoms with Crippen LogP contribution in [-0.2, 0) is 16.6 Å². The molecule has 0 radical (unpaired) electrons. The van der Waals surface area contributed by atoms with Gasteiger partial charge in [0.05, 0.1) is 19.0 Å². The molecule has 0 spiro atoms. The molecule has 0 bridgehead atoms. The van der Waals surface area contributed by atoms with Crippen molar-refractivity contribution in [1.29, 1.82) is 0 Å². The number of ether oxygens (including phenoxy) is 1. The van der Waals surface area contributed by atoms with E-state index in [1.807, 2.05) is 11.6 Å². The Hall–Kier alpha value is -1.77. The lowest BCUT2D eigenvalue weighted by Gasteiger charge is -2.27. The van der Waals surface area contributed by atoms with Crippen LogP contribution in [0.2, 0.25) is 5.02 Å². The van der Waals surface area contributed by atoms with Crippen molar-refractivity contribution in [3.05, 3.63) is 29.3 Å². The standard InChI is InChI=1S/C15H18ClN5O2S/c1-20-14(21-6-8-23-9-7-21)18-19-15(20)24-10-13(22)17-12-4-2-11(16)3-5-12/h2-5H,6-10H2,1H3,(H,17,22). The van der Waals surface area contributed by atoms with E-state index >= 15 is 0 Å². The van der Waals surface area contributed by atoms with E-state index in [0.717, 1.165) is 24.7 Å². The minimum Gasteiger partial charge on any atom is -0.378 e. The highest BCUT2D eigenvalue weighted by Gasteiger charge is 2.19. The number of hydrogen-bond acceptors (Lipinski definition) is 6. The van der Waals surface area contributed by atoms with Crippen molar-refractivity contribution in [1.82, 2.24) is 14.8 Å². The number of nitrogens with one attached hydrogen (secondary N) is 1. The van der Waals surface area contributed by atoms with Crippen LogP contribution < -0.4 is 10.2 Å². The van der Waals surface area contributed by atoms with E-state index in [4.69, 9.17) is 16.3 Å². The molecule has 1 aromatic carbocycles. The first-order chi connectivity index (χ1) is 11.6. The summed E-state index contributed by atoms with van der Waals surface area (Å²) in [5.74, 6) is 0.967. The Morgan fingerprint density at radius 1 is 1.29 bits per heavy atom. The summed E-state index contributed by atoms with van der Waals surface area (Å²) < 4.78 is 7.25. The van der Waals surface area contributed by atoms with Gasteiger partial charge in [0, 0.05) is 30.8 Å². The van der Waals surface area contributed by atoms with E-state index in [1.165, 1.54) is 11.8 Å². The maximum atomic E-state index is 12.0. The second-order valence-electron chi connectivity index (χ2n) is 5.28. The molecule has 3 rings (SSSR count). The van der Waals surface area contributed by atoms with E-state index in [9.17, 15) is 4.79 Å². The Morgan fingerprint density at radius 3 is 2.71 bits per heavy atom. The molecule has 2 aromatic rings. The van der Waals surface area contributed by atoms with Gasteiger partial charge in [-0.25, -0.2) is 0 Å². The van der Waals surface area contributed by atoms with E-state index in [0.29, 0.717) is 23.4 Å². The molecule has 1 fully saturated rings. The number of benzene rings is 1. The van der Waals surface area contributed by atoms with E-state index in [1.54, 1.807) is 24.3 Å². The van der Waals surface area contributed by atoms with Gasteiger partial charge in [0.1, 0.15) is 0 Å². The van der Waals surface area contributed by atoms with Crippen molar-refractivity contribution in [2.75, 3.05) is 42.3 Å². The summed E-state index contributed by atoms with van der Waals surface area (Å²) in [7, 11) is 1.91. The molecule has 0 atom stereocenters. The van der Waals surface area contributed by atoms with Crippen LogP contribution in [0.5, 0.6) is 0 Å². The number of anilines is 2. The highest BCUT2D eigenvalue weighted by molar-refractivity contribution is 7.99. The van der Waals surface area contributed by atoms with Crippen LogP contribution in [0.3, 0.4) is 0 Å². The molecule has 128 valence electrons. The Morgan fingerprint density at radius 2 is 2.00 bits per heavy atom. The number of aromatic nitrogens is 3. The Kier molecular flexibility index (Phi) is 5.60. The summed E-state index contributed by atoms with van der Waals surface area (Å²) in [5.41, 5.74) is 0.719.